The van der Waals surface area contributed by atoms with Crippen LogP contribution in [0.25, 0.3) is 0 Å². The number of rotatable bonds is 5. The van der Waals surface area contributed by atoms with Crippen LogP contribution in [0.3, 0.4) is 0 Å². The second-order valence-electron chi connectivity index (χ2n) is 3.35. The van der Waals surface area contributed by atoms with Crippen molar-refractivity contribution in [2.75, 3.05) is 0 Å². The van der Waals surface area contributed by atoms with Crippen LogP contribution in [0.2, 0.25) is 10.0 Å². The minimum atomic E-state index is -0.507. The number of aldehydes is 1. The van der Waals surface area contributed by atoms with Crippen molar-refractivity contribution >= 4 is 29.5 Å². The summed E-state index contributed by atoms with van der Waals surface area (Å²) in [6, 6.07) is 5.25. The maximum absolute atomic E-state index is 10.1. The van der Waals surface area contributed by atoms with Gasteiger partial charge in [0, 0.05) is 6.42 Å². The van der Waals surface area contributed by atoms with E-state index in [2.05, 4.69) is 0 Å². The van der Waals surface area contributed by atoms with Crippen LogP contribution < -0.4 is 0 Å². The lowest BCUT2D eigenvalue weighted by atomic mass is 10.0. The Bertz CT molecular complexity index is 339. The topological polar surface area (TPSA) is 37.3 Å². The molecule has 82 valence electrons. The molecule has 0 heterocycles. The Morgan fingerprint density at radius 1 is 1.33 bits per heavy atom. The van der Waals surface area contributed by atoms with Gasteiger partial charge < -0.3 is 9.90 Å². The van der Waals surface area contributed by atoms with Gasteiger partial charge in [-0.25, -0.2) is 0 Å². The first-order valence-corrected chi connectivity index (χ1v) is 5.44. The summed E-state index contributed by atoms with van der Waals surface area (Å²) in [4.78, 5) is 10.1. The van der Waals surface area contributed by atoms with Crippen molar-refractivity contribution in [2.24, 2.45) is 0 Å². The fraction of sp³-hybridized carbons (Fsp3) is 0.364. The SMILES string of the molecule is O=CCCC(O)Cc1ccc(Cl)c(Cl)c1. The van der Waals surface area contributed by atoms with Gasteiger partial charge in [0.05, 0.1) is 16.1 Å². The standard InChI is InChI=1S/C11H12Cl2O2/c12-10-4-3-8(7-11(10)13)6-9(15)2-1-5-14/h3-5,7,9,15H,1-2,6H2. The molecule has 1 aromatic rings. The Morgan fingerprint density at radius 3 is 2.67 bits per heavy atom. The van der Waals surface area contributed by atoms with Gasteiger partial charge in [-0.15, -0.1) is 0 Å². The summed E-state index contributed by atoms with van der Waals surface area (Å²) in [6.07, 6.45) is 1.64. The zero-order valence-electron chi connectivity index (χ0n) is 8.12. The van der Waals surface area contributed by atoms with Gasteiger partial charge in [-0.2, -0.15) is 0 Å². The van der Waals surface area contributed by atoms with E-state index in [1.54, 1.807) is 12.1 Å². The van der Waals surface area contributed by atoms with Gasteiger partial charge in [-0.3, -0.25) is 0 Å². The van der Waals surface area contributed by atoms with Crippen molar-refractivity contribution < 1.29 is 9.90 Å². The van der Waals surface area contributed by atoms with Gasteiger partial charge >= 0.3 is 0 Å². The zero-order valence-corrected chi connectivity index (χ0v) is 9.63. The second kappa shape index (κ2) is 6.11. The van der Waals surface area contributed by atoms with Crippen LogP contribution in [0, 0.1) is 0 Å². The molecule has 0 bridgehead atoms. The summed E-state index contributed by atoms with van der Waals surface area (Å²) < 4.78 is 0. The number of benzene rings is 1. The minimum absolute atomic E-state index is 0.377. The highest BCUT2D eigenvalue weighted by atomic mass is 35.5. The Kier molecular flexibility index (Phi) is 5.09. The molecular weight excluding hydrogens is 235 g/mol. The molecule has 0 fully saturated rings. The molecule has 15 heavy (non-hydrogen) atoms. The van der Waals surface area contributed by atoms with Gasteiger partial charge in [0.2, 0.25) is 0 Å². The average molecular weight is 247 g/mol. The quantitative estimate of drug-likeness (QED) is 0.812. The molecule has 0 aliphatic heterocycles. The summed E-state index contributed by atoms with van der Waals surface area (Å²) in [6.45, 7) is 0. The van der Waals surface area contributed by atoms with Gasteiger partial charge in [-0.05, 0) is 30.5 Å². The fourth-order valence-electron chi connectivity index (χ4n) is 1.30. The Morgan fingerprint density at radius 2 is 2.07 bits per heavy atom. The average Bonchev–Trinajstić information content (AvgIpc) is 2.20. The smallest absolute Gasteiger partial charge is 0.120 e. The van der Waals surface area contributed by atoms with Crippen LogP contribution in [0.4, 0.5) is 0 Å². The van der Waals surface area contributed by atoms with E-state index in [1.807, 2.05) is 6.07 Å². The molecule has 1 rings (SSSR count). The summed E-state index contributed by atoms with van der Waals surface area (Å²) in [5, 5.41) is 10.5. The Balaban J connectivity index is 2.56. The van der Waals surface area contributed by atoms with Crippen LogP contribution in [-0.4, -0.2) is 17.5 Å². The first-order chi connectivity index (χ1) is 7.13. The first-order valence-electron chi connectivity index (χ1n) is 4.69. The summed E-state index contributed by atoms with van der Waals surface area (Å²) in [5.74, 6) is 0. The minimum Gasteiger partial charge on any atom is -0.393 e. The molecule has 0 aromatic heterocycles. The van der Waals surface area contributed by atoms with Crippen molar-refractivity contribution in [3.05, 3.63) is 33.8 Å². The molecule has 1 N–H and O–H groups in total. The summed E-state index contributed by atoms with van der Waals surface area (Å²) in [7, 11) is 0. The number of carbonyl (C=O) groups excluding carboxylic acids is 1. The van der Waals surface area contributed by atoms with Gasteiger partial charge in [0.25, 0.3) is 0 Å². The highest BCUT2D eigenvalue weighted by Crippen LogP contribution is 2.23. The van der Waals surface area contributed by atoms with Crippen molar-refractivity contribution in [1.82, 2.24) is 0 Å². The molecule has 2 nitrogen and oxygen atoms in total. The van der Waals surface area contributed by atoms with E-state index < -0.39 is 6.10 Å². The molecule has 0 aliphatic carbocycles. The summed E-state index contributed by atoms with van der Waals surface area (Å²) in [5.41, 5.74) is 0.919. The third kappa shape index (κ3) is 4.20. The lowest BCUT2D eigenvalue weighted by Crippen LogP contribution is -2.10. The lowest BCUT2D eigenvalue weighted by Gasteiger charge is -2.09. The largest absolute Gasteiger partial charge is 0.393 e. The van der Waals surface area contributed by atoms with Crippen molar-refractivity contribution in [3.63, 3.8) is 0 Å². The van der Waals surface area contributed by atoms with E-state index in [0.29, 0.717) is 29.3 Å². The molecule has 0 spiro atoms. The van der Waals surface area contributed by atoms with E-state index in [9.17, 15) is 9.90 Å². The second-order valence-corrected chi connectivity index (χ2v) is 4.16. The third-order valence-corrected chi connectivity index (χ3v) is 2.81. The number of aliphatic hydroxyl groups excluding tert-OH is 1. The Hall–Kier alpha value is -0.570. The highest BCUT2D eigenvalue weighted by molar-refractivity contribution is 6.42. The number of carbonyl (C=O) groups is 1. The number of aliphatic hydroxyl groups is 1. The maximum atomic E-state index is 10.1. The van der Waals surface area contributed by atoms with E-state index in [4.69, 9.17) is 23.2 Å². The normalized spacial score (nSPS) is 12.5. The highest BCUT2D eigenvalue weighted by Gasteiger charge is 2.06. The van der Waals surface area contributed by atoms with Crippen LogP contribution in [0.15, 0.2) is 18.2 Å². The molecule has 1 aromatic carbocycles. The first kappa shape index (κ1) is 12.5. The van der Waals surface area contributed by atoms with Gasteiger partial charge in [0.1, 0.15) is 6.29 Å². The van der Waals surface area contributed by atoms with Crippen LogP contribution in [-0.2, 0) is 11.2 Å². The molecule has 1 unspecified atom stereocenters. The molecular formula is C11H12Cl2O2. The predicted octanol–water partition coefficient (Wildman–Crippen LogP) is 2.88. The van der Waals surface area contributed by atoms with E-state index in [0.717, 1.165) is 11.8 Å². The molecule has 0 amide bonds. The monoisotopic (exact) mass is 246 g/mol. The molecule has 0 saturated heterocycles. The van der Waals surface area contributed by atoms with Crippen molar-refractivity contribution in [3.8, 4) is 0 Å². The third-order valence-electron chi connectivity index (χ3n) is 2.07. The predicted molar refractivity (Wildman–Crippen MR) is 61.5 cm³/mol. The maximum Gasteiger partial charge on any atom is 0.120 e. The van der Waals surface area contributed by atoms with E-state index in [1.165, 1.54) is 0 Å². The molecule has 0 aliphatic rings. The fourth-order valence-corrected chi connectivity index (χ4v) is 1.62. The van der Waals surface area contributed by atoms with Crippen LogP contribution in [0.5, 0.6) is 0 Å². The summed E-state index contributed by atoms with van der Waals surface area (Å²) >= 11 is 11.6. The van der Waals surface area contributed by atoms with Crippen LogP contribution in [0.1, 0.15) is 18.4 Å². The number of halogens is 2. The van der Waals surface area contributed by atoms with Crippen LogP contribution >= 0.6 is 23.2 Å². The zero-order chi connectivity index (χ0) is 11.3. The lowest BCUT2D eigenvalue weighted by molar-refractivity contribution is -0.108. The van der Waals surface area contributed by atoms with E-state index >= 15 is 0 Å². The Labute approximate surface area is 98.8 Å². The van der Waals surface area contributed by atoms with Crippen molar-refractivity contribution in [1.29, 1.82) is 0 Å². The molecule has 0 radical (unpaired) electrons. The van der Waals surface area contributed by atoms with Crippen molar-refractivity contribution in [2.45, 2.75) is 25.4 Å². The van der Waals surface area contributed by atoms with E-state index in [-0.39, 0.29) is 0 Å². The molecule has 4 heteroatoms. The van der Waals surface area contributed by atoms with Gasteiger partial charge in [-0.1, -0.05) is 29.3 Å². The van der Waals surface area contributed by atoms with Gasteiger partial charge in [0.15, 0.2) is 0 Å². The molecule has 1 atom stereocenters. The molecule has 0 saturated carbocycles. The number of hydrogen-bond acceptors (Lipinski definition) is 2. The number of hydrogen-bond donors (Lipinski definition) is 1.